The Bertz CT molecular complexity index is 254. The number of carbonyl (C=O) groups excluding carboxylic acids is 1. The lowest BCUT2D eigenvalue weighted by atomic mass is 9.96. The van der Waals surface area contributed by atoms with E-state index < -0.39 is 5.97 Å². The first-order chi connectivity index (χ1) is 7.00. The fourth-order valence-electron chi connectivity index (χ4n) is 1.73. The number of nitrogens with zero attached hydrogens (tertiary/aromatic N) is 1. The first-order valence-electron chi connectivity index (χ1n) is 5.18. The Morgan fingerprint density at radius 1 is 1.40 bits per heavy atom. The molecule has 0 bridgehead atoms. The van der Waals surface area contributed by atoms with Crippen LogP contribution in [-0.2, 0) is 9.59 Å². The number of piperidine rings is 1. The van der Waals surface area contributed by atoms with Gasteiger partial charge in [-0.1, -0.05) is 6.92 Å². The number of hydrogen-bond donors (Lipinski definition) is 2. The zero-order valence-corrected chi connectivity index (χ0v) is 8.85. The van der Waals surface area contributed by atoms with E-state index in [9.17, 15) is 14.7 Å². The zero-order chi connectivity index (χ0) is 11.4. The van der Waals surface area contributed by atoms with Crippen LogP contribution in [0.3, 0.4) is 0 Å². The second-order valence-corrected chi connectivity index (χ2v) is 4.07. The van der Waals surface area contributed by atoms with E-state index in [4.69, 9.17) is 5.11 Å². The minimum Gasteiger partial charge on any atom is -0.481 e. The SMILES string of the molecule is CC1CN(C(=O)CCC(=O)O)CCC1O. The van der Waals surface area contributed by atoms with Crippen molar-refractivity contribution in [2.24, 2.45) is 5.92 Å². The lowest BCUT2D eigenvalue weighted by Crippen LogP contribution is -2.45. The summed E-state index contributed by atoms with van der Waals surface area (Å²) in [4.78, 5) is 23.5. The second-order valence-electron chi connectivity index (χ2n) is 4.07. The van der Waals surface area contributed by atoms with Crippen LogP contribution in [0.5, 0.6) is 0 Å². The summed E-state index contributed by atoms with van der Waals surface area (Å²) in [6.07, 6.45) is 0.179. The molecule has 1 saturated heterocycles. The van der Waals surface area contributed by atoms with Crippen LogP contribution in [-0.4, -0.2) is 46.2 Å². The average molecular weight is 215 g/mol. The van der Waals surface area contributed by atoms with Crippen LogP contribution in [0.2, 0.25) is 0 Å². The van der Waals surface area contributed by atoms with Gasteiger partial charge in [-0.2, -0.15) is 0 Å². The Balaban J connectivity index is 2.37. The quantitative estimate of drug-likeness (QED) is 0.699. The van der Waals surface area contributed by atoms with Crippen molar-refractivity contribution in [3.05, 3.63) is 0 Å². The van der Waals surface area contributed by atoms with E-state index >= 15 is 0 Å². The summed E-state index contributed by atoms with van der Waals surface area (Å²) in [5.74, 6) is -1.00. The number of rotatable bonds is 3. The lowest BCUT2D eigenvalue weighted by Gasteiger charge is -2.34. The summed E-state index contributed by atoms with van der Waals surface area (Å²) in [5, 5.41) is 17.9. The number of aliphatic hydroxyl groups is 1. The molecule has 0 aliphatic carbocycles. The Morgan fingerprint density at radius 2 is 2.07 bits per heavy atom. The van der Waals surface area contributed by atoms with Crippen molar-refractivity contribution >= 4 is 11.9 Å². The Labute approximate surface area is 88.7 Å². The van der Waals surface area contributed by atoms with Crippen LogP contribution in [0.15, 0.2) is 0 Å². The highest BCUT2D eigenvalue weighted by molar-refractivity contribution is 5.80. The normalized spacial score (nSPS) is 26.4. The largest absolute Gasteiger partial charge is 0.481 e. The Hall–Kier alpha value is -1.10. The highest BCUT2D eigenvalue weighted by Gasteiger charge is 2.26. The average Bonchev–Trinajstić information content (AvgIpc) is 2.18. The van der Waals surface area contributed by atoms with Crippen molar-refractivity contribution in [3.8, 4) is 0 Å². The minimum absolute atomic E-state index is 0.0537. The van der Waals surface area contributed by atoms with Crippen LogP contribution in [0.4, 0.5) is 0 Å². The van der Waals surface area contributed by atoms with E-state index in [0.29, 0.717) is 19.5 Å². The molecule has 2 atom stereocenters. The third kappa shape index (κ3) is 3.51. The van der Waals surface area contributed by atoms with Gasteiger partial charge >= 0.3 is 5.97 Å². The van der Waals surface area contributed by atoms with Gasteiger partial charge in [-0.25, -0.2) is 0 Å². The molecule has 0 saturated carbocycles. The first-order valence-corrected chi connectivity index (χ1v) is 5.18. The third-order valence-corrected chi connectivity index (χ3v) is 2.77. The standard InChI is InChI=1S/C10H17NO4/c1-7-6-11(5-4-8(7)12)9(13)2-3-10(14)15/h7-8,12H,2-6H2,1H3,(H,14,15). The smallest absolute Gasteiger partial charge is 0.303 e. The molecular weight excluding hydrogens is 198 g/mol. The van der Waals surface area contributed by atoms with E-state index in [1.54, 1.807) is 4.90 Å². The summed E-state index contributed by atoms with van der Waals surface area (Å²) in [6, 6.07) is 0. The number of hydrogen-bond acceptors (Lipinski definition) is 3. The van der Waals surface area contributed by atoms with Gasteiger partial charge in [0.1, 0.15) is 0 Å². The molecular formula is C10H17NO4. The number of carboxylic acid groups (broad SMARTS) is 1. The Morgan fingerprint density at radius 3 is 2.60 bits per heavy atom. The van der Waals surface area contributed by atoms with E-state index in [1.807, 2.05) is 6.92 Å². The maximum atomic E-state index is 11.5. The summed E-state index contributed by atoms with van der Waals surface area (Å²) in [5.41, 5.74) is 0. The van der Waals surface area contributed by atoms with Gasteiger partial charge in [0.15, 0.2) is 0 Å². The maximum Gasteiger partial charge on any atom is 0.303 e. The molecule has 5 heteroatoms. The maximum absolute atomic E-state index is 11.5. The van der Waals surface area contributed by atoms with Crippen LogP contribution in [0, 0.1) is 5.92 Å². The molecule has 0 aromatic carbocycles. The molecule has 2 unspecified atom stereocenters. The highest BCUT2D eigenvalue weighted by Crippen LogP contribution is 2.17. The Kier molecular flexibility index (Phi) is 4.08. The van der Waals surface area contributed by atoms with E-state index in [0.717, 1.165) is 0 Å². The summed E-state index contributed by atoms with van der Waals surface area (Å²) in [7, 11) is 0. The number of amides is 1. The molecule has 0 aromatic rings. The predicted octanol–water partition coefficient (Wildman–Crippen LogP) is 0.0805. The van der Waals surface area contributed by atoms with Crippen LogP contribution in [0.1, 0.15) is 26.2 Å². The van der Waals surface area contributed by atoms with Crippen molar-refractivity contribution in [2.45, 2.75) is 32.3 Å². The second kappa shape index (κ2) is 5.11. The van der Waals surface area contributed by atoms with E-state index in [1.165, 1.54) is 0 Å². The van der Waals surface area contributed by atoms with Gasteiger partial charge in [0, 0.05) is 19.5 Å². The first kappa shape index (κ1) is 12.0. The molecule has 1 fully saturated rings. The van der Waals surface area contributed by atoms with Crippen LogP contribution < -0.4 is 0 Å². The highest BCUT2D eigenvalue weighted by atomic mass is 16.4. The molecule has 1 aliphatic heterocycles. The van der Waals surface area contributed by atoms with Crippen molar-refractivity contribution < 1.29 is 19.8 Å². The molecule has 1 rings (SSSR count). The van der Waals surface area contributed by atoms with Gasteiger partial charge in [0.05, 0.1) is 12.5 Å². The molecule has 1 aliphatic rings. The summed E-state index contributed by atoms with van der Waals surface area (Å²) >= 11 is 0. The molecule has 0 aromatic heterocycles. The van der Waals surface area contributed by atoms with Gasteiger partial charge in [0.2, 0.25) is 5.91 Å². The molecule has 1 heterocycles. The molecule has 86 valence electrons. The minimum atomic E-state index is -0.951. The van der Waals surface area contributed by atoms with Gasteiger partial charge in [-0.05, 0) is 12.3 Å². The summed E-state index contributed by atoms with van der Waals surface area (Å²) < 4.78 is 0. The van der Waals surface area contributed by atoms with Crippen molar-refractivity contribution in [2.75, 3.05) is 13.1 Å². The molecule has 1 amide bonds. The monoisotopic (exact) mass is 215 g/mol. The molecule has 0 spiro atoms. The molecule has 0 radical (unpaired) electrons. The lowest BCUT2D eigenvalue weighted by molar-refractivity contribution is -0.142. The third-order valence-electron chi connectivity index (χ3n) is 2.77. The van der Waals surface area contributed by atoms with Crippen LogP contribution >= 0.6 is 0 Å². The fraction of sp³-hybridized carbons (Fsp3) is 0.800. The van der Waals surface area contributed by atoms with E-state index in [2.05, 4.69) is 0 Å². The number of aliphatic hydroxyl groups excluding tert-OH is 1. The number of carboxylic acids is 1. The number of likely N-dealkylation sites (tertiary alicyclic amines) is 1. The topological polar surface area (TPSA) is 77.8 Å². The molecule has 15 heavy (non-hydrogen) atoms. The van der Waals surface area contributed by atoms with Crippen molar-refractivity contribution in [3.63, 3.8) is 0 Å². The summed E-state index contributed by atoms with van der Waals surface area (Å²) in [6.45, 7) is 2.95. The van der Waals surface area contributed by atoms with Gasteiger partial charge in [0.25, 0.3) is 0 Å². The van der Waals surface area contributed by atoms with Gasteiger partial charge in [-0.3, -0.25) is 9.59 Å². The van der Waals surface area contributed by atoms with Crippen molar-refractivity contribution in [1.82, 2.24) is 4.90 Å². The van der Waals surface area contributed by atoms with Gasteiger partial charge < -0.3 is 15.1 Å². The molecule has 2 N–H and O–H groups in total. The van der Waals surface area contributed by atoms with E-state index in [-0.39, 0.29) is 30.8 Å². The predicted molar refractivity (Wildman–Crippen MR) is 53.2 cm³/mol. The number of carbonyl (C=O) groups is 2. The fourth-order valence-corrected chi connectivity index (χ4v) is 1.73. The molecule has 5 nitrogen and oxygen atoms in total. The van der Waals surface area contributed by atoms with Gasteiger partial charge in [-0.15, -0.1) is 0 Å². The zero-order valence-electron chi connectivity index (χ0n) is 8.85. The van der Waals surface area contributed by atoms with Crippen molar-refractivity contribution in [1.29, 1.82) is 0 Å². The number of aliphatic carboxylic acids is 1. The van der Waals surface area contributed by atoms with Crippen LogP contribution in [0.25, 0.3) is 0 Å².